The lowest BCUT2D eigenvalue weighted by Gasteiger charge is -2.02. The van der Waals surface area contributed by atoms with E-state index in [-0.39, 0.29) is 5.56 Å². The Morgan fingerprint density at radius 2 is 1.92 bits per heavy atom. The molecule has 25 heavy (non-hydrogen) atoms. The Kier molecular flexibility index (Phi) is 4.10. The van der Waals surface area contributed by atoms with Crippen molar-refractivity contribution in [2.45, 2.75) is 0 Å². The van der Waals surface area contributed by atoms with Crippen molar-refractivity contribution in [3.8, 4) is 17.1 Å². The van der Waals surface area contributed by atoms with Gasteiger partial charge in [-0.2, -0.15) is 9.50 Å². The molecule has 0 aliphatic carbocycles. The minimum atomic E-state index is -0.184. The Labute approximate surface area is 155 Å². The summed E-state index contributed by atoms with van der Waals surface area (Å²) in [5, 5.41) is 4.37. The van der Waals surface area contributed by atoms with Gasteiger partial charge in [0.1, 0.15) is 5.75 Å². The van der Waals surface area contributed by atoms with Gasteiger partial charge in [0.2, 0.25) is 4.96 Å². The molecule has 4 rings (SSSR count). The fraction of sp³-hybridized carbons (Fsp3) is 0.0556. The van der Waals surface area contributed by atoms with E-state index < -0.39 is 0 Å². The fourth-order valence-electron chi connectivity index (χ4n) is 2.52. The predicted octanol–water partition coefficient (Wildman–Crippen LogP) is 3.14. The molecule has 0 radical (unpaired) electrons. The average Bonchev–Trinajstić information content (AvgIpc) is 3.16. The van der Waals surface area contributed by atoms with Crippen molar-refractivity contribution in [1.29, 1.82) is 0 Å². The molecule has 124 valence electrons. The molecule has 0 saturated carbocycles. The standard InChI is InChI=1S/C18H12BrN3O2S/c1-24-14-9-5-2-6-11(14)10-15-17(23)22-18(25-15)20-16(21-22)12-7-3-4-8-13(12)19/h2-10H,1H3/b15-10+. The molecule has 0 unspecified atom stereocenters. The van der Waals surface area contributed by atoms with Crippen LogP contribution in [-0.2, 0) is 0 Å². The highest BCUT2D eigenvalue weighted by Crippen LogP contribution is 2.25. The maximum atomic E-state index is 12.6. The molecule has 0 fully saturated rings. The number of benzene rings is 2. The van der Waals surface area contributed by atoms with Crippen molar-refractivity contribution >= 4 is 38.3 Å². The Hall–Kier alpha value is -2.51. The number of thiazole rings is 1. The molecule has 2 heterocycles. The number of rotatable bonds is 3. The number of fused-ring (bicyclic) bond motifs is 1. The van der Waals surface area contributed by atoms with Gasteiger partial charge in [-0.25, -0.2) is 0 Å². The second-order valence-electron chi connectivity index (χ2n) is 5.27. The summed E-state index contributed by atoms with van der Waals surface area (Å²) >= 11 is 4.80. The number of para-hydroxylation sites is 1. The summed E-state index contributed by atoms with van der Waals surface area (Å²) < 4.78 is 8.14. The van der Waals surface area contributed by atoms with Gasteiger partial charge in [-0.1, -0.05) is 57.6 Å². The third-order valence-electron chi connectivity index (χ3n) is 3.72. The van der Waals surface area contributed by atoms with Gasteiger partial charge in [0, 0.05) is 15.6 Å². The number of aromatic nitrogens is 3. The van der Waals surface area contributed by atoms with Crippen LogP contribution in [0.15, 0.2) is 57.8 Å². The lowest BCUT2D eigenvalue weighted by Crippen LogP contribution is -2.23. The normalized spacial score (nSPS) is 12.0. The van der Waals surface area contributed by atoms with E-state index in [0.717, 1.165) is 21.3 Å². The molecule has 5 nitrogen and oxygen atoms in total. The summed E-state index contributed by atoms with van der Waals surface area (Å²) in [5.41, 5.74) is 1.52. The molecule has 0 aliphatic rings. The van der Waals surface area contributed by atoms with Gasteiger partial charge in [0.25, 0.3) is 5.56 Å². The van der Waals surface area contributed by atoms with Crippen LogP contribution in [0.2, 0.25) is 0 Å². The first kappa shape index (κ1) is 16.0. The van der Waals surface area contributed by atoms with Crippen LogP contribution in [-0.4, -0.2) is 21.7 Å². The number of nitrogens with zero attached hydrogens (tertiary/aromatic N) is 3. The second kappa shape index (κ2) is 6.42. The monoisotopic (exact) mass is 413 g/mol. The highest BCUT2D eigenvalue weighted by atomic mass is 79.9. The maximum Gasteiger partial charge on any atom is 0.291 e. The Balaban J connectivity index is 1.85. The van der Waals surface area contributed by atoms with E-state index >= 15 is 0 Å². The maximum absolute atomic E-state index is 12.6. The van der Waals surface area contributed by atoms with Crippen molar-refractivity contribution < 1.29 is 4.74 Å². The lowest BCUT2D eigenvalue weighted by molar-refractivity contribution is 0.414. The Bertz CT molecular complexity index is 1180. The van der Waals surface area contributed by atoms with Gasteiger partial charge in [-0.05, 0) is 24.3 Å². The molecule has 7 heteroatoms. The number of methoxy groups -OCH3 is 1. The molecule has 0 aliphatic heterocycles. The van der Waals surface area contributed by atoms with Crippen molar-refractivity contribution in [2.24, 2.45) is 0 Å². The zero-order valence-corrected chi connectivity index (χ0v) is 15.5. The molecule has 0 amide bonds. The summed E-state index contributed by atoms with van der Waals surface area (Å²) in [6, 6.07) is 15.2. The SMILES string of the molecule is COc1ccccc1/C=c1/sc2nc(-c3ccccc3Br)nn2c1=O. The summed E-state index contributed by atoms with van der Waals surface area (Å²) in [6.07, 6.45) is 1.81. The van der Waals surface area contributed by atoms with Crippen LogP contribution in [0.1, 0.15) is 5.56 Å². The molecular formula is C18H12BrN3O2S. The predicted molar refractivity (Wildman–Crippen MR) is 102 cm³/mol. The van der Waals surface area contributed by atoms with Gasteiger partial charge in [0.05, 0.1) is 11.6 Å². The van der Waals surface area contributed by atoms with Gasteiger partial charge in [-0.15, -0.1) is 5.10 Å². The van der Waals surface area contributed by atoms with Crippen molar-refractivity contribution in [1.82, 2.24) is 14.6 Å². The third kappa shape index (κ3) is 2.85. The zero-order valence-electron chi connectivity index (χ0n) is 13.1. The minimum absolute atomic E-state index is 0.184. The van der Waals surface area contributed by atoms with Crippen LogP contribution in [0.25, 0.3) is 22.4 Å². The molecule has 0 bridgehead atoms. The van der Waals surface area contributed by atoms with Gasteiger partial charge in [0.15, 0.2) is 5.82 Å². The van der Waals surface area contributed by atoms with Crippen molar-refractivity contribution in [3.63, 3.8) is 0 Å². The van der Waals surface area contributed by atoms with Crippen LogP contribution in [0, 0.1) is 0 Å². The second-order valence-corrected chi connectivity index (χ2v) is 7.13. The largest absolute Gasteiger partial charge is 0.496 e. The number of hydrogen-bond donors (Lipinski definition) is 0. The van der Waals surface area contributed by atoms with E-state index in [0.29, 0.717) is 15.3 Å². The molecule has 2 aromatic heterocycles. The topological polar surface area (TPSA) is 56.5 Å². The summed E-state index contributed by atoms with van der Waals surface area (Å²) in [5.74, 6) is 1.24. The minimum Gasteiger partial charge on any atom is -0.496 e. The van der Waals surface area contributed by atoms with Gasteiger partial charge in [-0.3, -0.25) is 4.79 Å². The first-order valence-electron chi connectivity index (χ1n) is 7.46. The Morgan fingerprint density at radius 3 is 2.68 bits per heavy atom. The van der Waals surface area contributed by atoms with E-state index in [2.05, 4.69) is 26.0 Å². The number of hydrogen-bond acceptors (Lipinski definition) is 5. The van der Waals surface area contributed by atoms with Crippen LogP contribution in [0.4, 0.5) is 0 Å². The molecule has 2 aromatic carbocycles. The van der Waals surface area contributed by atoms with E-state index in [9.17, 15) is 4.79 Å². The average molecular weight is 414 g/mol. The van der Waals surface area contributed by atoms with E-state index in [1.165, 1.54) is 15.9 Å². The van der Waals surface area contributed by atoms with E-state index in [4.69, 9.17) is 4.74 Å². The highest BCUT2D eigenvalue weighted by molar-refractivity contribution is 9.10. The molecular weight excluding hydrogens is 402 g/mol. The molecule has 4 aromatic rings. The van der Waals surface area contributed by atoms with Crippen molar-refractivity contribution in [3.05, 3.63) is 73.5 Å². The van der Waals surface area contributed by atoms with Crippen LogP contribution >= 0.6 is 27.3 Å². The molecule has 0 spiro atoms. The smallest absolute Gasteiger partial charge is 0.291 e. The Morgan fingerprint density at radius 1 is 1.16 bits per heavy atom. The zero-order chi connectivity index (χ0) is 17.4. The molecule has 0 N–H and O–H groups in total. The van der Waals surface area contributed by atoms with Crippen LogP contribution in [0.5, 0.6) is 5.75 Å². The summed E-state index contributed by atoms with van der Waals surface area (Å²) in [4.78, 5) is 17.7. The van der Waals surface area contributed by atoms with E-state index in [1.54, 1.807) is 13.2 Å². The quantitative estimate of drug-likeness (QED) is 0.517. The highest BCUT2D eigenvalue weighted by Gasteiger charge is 2.13. The number of ether oxygens (including phenoxy) is 1. The third-order valence-corrected chi connectivity index (χ3v) is 5.37. The summed E-state index contributed by atoms with van der Waals surface area (Å²) in [7, 11) is 1.61. The first-order valence-corrected chi connectivity index (χ1v) is 9.07. The van der Waals surface area contributed by atoms with Crippen molar-refractivity contribution in [2.75, 3.05) is 7.11 Å². The summed E-state index contributed by atoms with van der Waals surface area (Å²) in [6.45, 7) is 0. The fourth-order valence-corrected chi connectivity index (χ4v) is 3.88. The molecule has 0 saturated heterocycles. The van der Waals surface area contributed by atoms with Gasteiger partial charge < -0.3 is 4.74 Å². The first-order chi connectivity index (χ1) is 12.2. The lowest BCUT2D eigenvalue weighted by atomic mass is 10.2. The number of halogens is 1. The molecule has 0 atom stereocenters. The van der Waals surface area contributed by atoms with Crippen LogP contribution < -0.4 is 14.8 Å². The van der Waals surface area contributed by atoms with E-state index in [1.807, 2.05) is 48.5 Å². The van der Waals surface area contributed by atoms with Gasteiger partial charge >= 0.3 is 0 Å². The van der Waals surface area contributed by atoms with Crippen LogP contribution in [0.3, 0.4) is 0 Å².